The maximum atomic E-state index is 13.5. The molecule has 1 fully saturated rings. The highest BCUT2D eigenvalue weighted by Gasteiger charge is 2.29. The van der Waals surface area contributed by atoms with Crippen LogP contribution in [0.2, 0.25) is 0 Å². The van der Waals surface area contributed by atoms with Crippen molar-refractivity contribution in [3.63, 3.8) is 0 Å². The van der Waals surface area contributed by atoms with Gasteiger partial charge in [-0.05, 0) is 55.3 Å². The molecule has 2 N–H and O–H groups in total. The molecule has 1 saturated heterocycles. The van der Waals surface area contributed by atoms with E-state index in [9.17, 15) is 14.0 Å². The first-order chi connectivity index (χ1) is 15.1. The van der Waals surface area contributed by atoms with Crippen molar-refractivity contribution < 1.29 is 14.0 Å². The molecule has 1 aliphatic heterocycles. The second-order valence-electron chi connectivity index (χ2n) is 7.46. The summed E-state index contributed by atoms with van der Waals surface area (Å²) in [6.45, 7) is 0.972. The highest BCUT2D eigenvalue weighted by atomic mass is 19.1. The molecule has 4 rings (SSSR count). The van der Waals surface area contributed by atoms with Crippen LogP contribution in [0.5, 0.6) is 0 Å². The predicted octanol–water partition coefficient (Wildman–Crippen LogP) is 4.46. The van der Waals surface area contributed by atoms with Crippen molar-refractivity contribution in [2.45, 2.75) is 12.8 Å². The highest BCUT2D eigenvalue weighted by molar-refractivity contribution is 5.99. The van der Waals surface area contributed by atoms with E-state index in [1.165, 1.54) is 12.1 Å². The van der Waals surface area contributed by atoms with Crippen LogP contribution in [0, 0.1) is 11.7 Å². The minimum absolute atomic E-state index is 0.0202. The number of carbonyl (C=O) groups excluding carboxylic acids is 2. The molecule has 2 amide bonds. The van der Waals surface area contributed by atoms with Crippen LogP contribution in [0.4, 0.5) is 21.6 Å². The summed E-state index contributed by atoms with van der Waals surface area (Å²) in [5.41, 5.74) is 1.71. The van der Waals surface area contributed by atoms with Crippen LogP contribution in [0.1, 0.15) is 23.2 Å². The average Bonchev–Trinajstić information content (AvgIpc) is 2.80. The van der Waals surface area contributed by atoms with Gasteiger partial charge in [0, 0.05) is 36.6 Å². The first kappa shape index (κ1) is 20.5. The number of rotatable bonds is 5. The van der Waals surface area contributed by atoms with E-state index < -0.39 is 0 Å². The van der Waals surface area contributed by atoms with Gasteiger partial charge in [-0.2, -0.15) is 0 Å². The minimum Gasteiger partial charge on any atom is -0.339 e. The molecule has 1 aliphatic rings. The Morgan fingerprint density at radius 2 is 1.68 bits per heavy atom. The number of para-hydroxylation sites is 1. The number of benzene rings is 2. The first-order valence-corrected chi connectivity index (χ1v) is 10.2. The molecule has 0 radical (unpaired) electrons. The van der Waals surface area contributed by atoms with Crippen LogP contribution in [0.15, 0.2) is 72.9 Å². The van der Waals surface area contributed by atoms with E-state index in [1.54, 1.807) is 35.4 Å². The van der Waals surface area contributed by atoms with Gasteiger partial charge < -0.3 is 15.5 Å². The Bertz CT molecular complexity index is 1070. The van der Waals surface area contributed by atoms with Gasteiger partial charge >= 0.3 is 0 Å². The number of pyridine rings is 1. The van der Waals surface area contributed by atoms with E-state index in [-0.39, 0.29) is 23.5 Å². The molecule has 0 saturated carbocycles. The Labute approximate surface area is 180 Å². The van der Waals surface area contributed by atoms with Crippen LogP contribution in [-0.4, -0.2) is 34.8 Å². The molecule has 0 spiro atoms. The van der Waals surface area contributed by atoms with Crippen molar-refractivity contribution in [1.29, 1.82) is 0 Å². The van der Waals surface area contributed by atoms with Gasteiger partial charge in [-0.25, -0.2) is 9.37 Å². The summed E-state index contributed by atoms with van der Waals surface area (Å²) >= 11 is 0. The van der Waals surface area contributed by atoms with E-state index in [0.717, 1.165) is 5.69 Å². The Hall–Kier alpha value is -3.74. The van der Waals surface area contributed by atoms with Crippen molar-refractivity contribution in [1.82, 2.24) is 9.88 Å². The molecule has 0 aliphatic carbocycles. The van der Waals surface area contributed by atoms with E-state index in [2.05, 4.69) is 15.6 Å². The molecule has 6 nitrogen and oxygen atoms in total. The number of piperidine rings is 1. The van der Waals surface area contributed by atoms with Crippen molar-refractivity contribution >= 4 is 29.0 Å². The number of nitrogens with zero attached hydrogens (tertiary/aromatic N) is 2. The molecule has 1 aromatic heterocycles. The van der Waals surface area contributed by atoms with E-state index in [4.69, 9.17) is 0 Å². The molecule has 0 unspecified atom stereocenters. The van der Waals surface area contributed by atoms with Gasteiger partial charge in [0.25, 0.3) is 5.91 Å². The molecule has 0 bridgehead atoms. The van der Waals surface area contributed by atoms with Gasteiger partial charge in [0.2, 0.25) is 5.91 Å². The SMILES string of the molecule is O=C(Nc1ccccc1)C1CCN(C(=O)c2cccnc2Nc2cccc(F)c2)CC1. The van der Waals surface area contributed by atoms with Gasteiger partial charge in [0.15, 0.2) is 0 Å². The molecule has 7 heteroatoms. The topological polar surface area (TPSA) is 74.3 Å². The lowest BCUT2D eigenvalue weighted by atomic mass is 9.95. The molecule has 0 atom stereocenters. The van der Waals surface area contributed by atoms with Crippen LogP contribution < -0.4 is 10.6 Å². The lowest BCUT2D eigenvalue weighted by molar-refractivity contribution is -0.121. The maximum Gasteiger partial charge on any atom is 0.257 e. The normalized spacial score (nSPS) is 14.2. The predicted molar refractivity (Wildman–Crippen MR) is 118 cm³/mol. The van der Waals surface area contributed by atoms with E-state index >= 15 is 0 Å². The summed E-state index contributed by atoms with van der Waals surface area (Å²) in [5, 5.41) is 5.96. The molecular weight excluding hydrogens is 395 g/mol. The standard InChI is InChI=1S/C24H23FN4O2/c25-18-6-4-9-20(16-18)27-22-21(10-5-13-26-22)24(31)29-14-11-17(12-15-29)23(30)28-19-7-2-1-3-8-19/h1-10,13,16-17H,11-12,14-15H2,(H,26,27)(H,28,30). The number of hydrogen-bond donors (Lipinski definition) is 2. The summed E-state index contributed by atoms with van der Waals surface area (Å²) in [4.78, 5) is 31.7. The Balaban J connectivity index is 1.39. The smallest absolute Gasteiger partial charge is 0.257 e. The van der Waals surface area contributed by atoms with Crippen molar-refractivity contribution in [2.24, 2.45) is 5.92 Å². The number of nitrogens with one attached hydrogen (secondary N) is 2. The lowest BCUT2D eigenvalue weighted by Crippen LogP contribution is -2.41. The minimum atomic E-state index is -0.371. The Morgan fingerprint density at radius 1 is 0.935 bits per heavy atom. The van der Waals surface area contributed by atoms with Gasteiger partial charge in [0.1, 0.15) is 11.6 Å². The van der Waals surface area contributed by atoms with Gasteiger partial charge in [-0.1, -0.05) is 24.3 Å². The van der Waals surface area contributed by atoms with Crippen molar-refractivity contribution in [3.05, 3.63) is 84.3 Å². The Kier molecular flexibility index (Phi) is 6.21. The summed E-state index contributed by atoms with van der Waals surface area (Å²) in [5.74, 6) is -0.309. The van der Waals surface area contributed by atoms with Crippen LogP contribution in [0.25, 0.3) is 0 Å². The molecular formula is C24H23FN4O2. The molecule has 2 aromatic carbocycles. The number of hydrogen-bond acceptors (Lipinski definition) is 4. The van der Waals surface area contributed by atoms with Crippen LogP contribution >= 0.6 is 0 Å². The summed E-state index contributed by atoms with van der Waals surface area (Å²) < 4.78 is 13.5. The largest absolute Gasteiger partial charge is 0.339 e. The molecule has 158 valence electrons. The summed E-state index contributed by atoms with van der Waals surface area (Å²) in [6.07, 6.45) is 2.77. The zero-order chi connectivity index (χ0) is 21.6. The van der Waals surface area contributed by atoms with Crippen molar-refractivity contribution in [2.75, 3.05) is 23.7 Å². The third-order valence-corrected chi connectivity index (χ3v) is 5.32. The fourth-order valence-corrected chi connectivity index (χ4v) is 3.66. The van der Waals surface area contributed by atoms with Crippen molar-refractivity contribution in [3.8, 4) is 0 Å². The first-order valence-electron chi connectivity index (χ1n) is 10.2. The lowest BCUT2D eigenvalue weighted by Gasteiger charge is -2.31. The fraction of sp³-hybridized carbons (Fsp3) is 0.208. The number of anilines is 3. The second-order valence-corrected chi connectivity index (χ2v) is 7.46. The third kappa shape index (κ3) is 5.06. The van der Waals surface area contributed by atoms with Gasteiger partial charge in [-0.3, -0.25) is 9.59 Å². The van der Waals surface area contributed by atoms with Crippen LogP contribution in [-0.2, 0) is 4.79 Å². The summed E-state index contributed by atoms with van der Waals surface area (Å²) in [6, 6.07) is 18.8. The second kappa shape index (κ2) is 9.38. The fourth-order valence-electron chi connectivity index (χ4n) is 3.66. The maximum absolute atomic E-state index is 13.5. The number of halogens is 1. The van der Waals surface area contributed by atoms with Gasteiger partial charge in [-0.15, -0.1) is 0 Å². The zero-order valence-electron chi connectivity index (χ0n) is 16.9. The quantitative estimate of drug-likeness (QED) is 0.642. The van der Waals surface area contributed by atoms with Crippen LogP contribution in [0.3, 0.4) is 0 Å². The Morgan fingerprint density at radius 3 is 2.42 bits per heavy atom. The average molecular weight is 418 g/mol. The molecule has 2 heterocycles. The zero-order valence-corrected chi connectivity index (χ0v) is 16.9. The van der Waals surface area contributed by atoms with E-state index in [1.807, 2.05) is 30.3 Å². The number of carbonyl (C=O) groups is 2. The monoisotopic (exact) mass is 418 g/mol. The van der Waals surface area contributed by atoms with Gasteiger partial charge in [0.05, 0.1) is 5.56 Å². The number of likely N-dealkylation sites (tertiary alicyclic amines) is 1. The number of amides is 2. The highest BCUT2D eigenvalue weighted by Crippen LogP contribution is 2.24. The third-order valence-electron chi connectivity index (χ3n) is 5.32. The molecule has 3 aromatic rings. The number of aromatic nitrogens is 1. The molecule has 31 heavy (non-hydrogen) atoms. The summed E-state index contributed by atoms with van der Waals surface area (Å²) in [7, 11) is 0. The van der Waals surface area contributed by atoms with E-state index in [0.29, 0.717) is 43.0 Å².